The summed E-state index contributed by atoms with van der Waals surface area (Å²) in [5.41, 5.74) is 5.36. The molecule has 3 rings (SSSR count). The van der Waals surface area contributed by atoms with E-state index in [0.717, 1.165) is 42.6 Å². The second-order valence-corrected chi connectivity index (χ2v) is 7.10. The number of rotatable bonds is 6. The number of likely N-dealkylation sites (tertiary alicyclic amines) is 1. The van der Waals surface area contributed by atoms with E-state index < -0.39 is 0 Å². The van der Waals surface area contributed by atoms with Gasteiger partial charge in [0.05, 0.1) is 11.6 Å². The standard InChI is InChI=1S/C23H27N3O2/c1-2-10-21(27)26-16-9-15-20(17-26)23(28)25-24-22(18-11-5-3-6-12-18)19-13-7-4-8-14-19/h3-8,11-14,20H,2,9-10,15-17H2,1H3,(H,25,28). The molecule has 0 aromatic heterocycles. The van der Waals surface area contributed by atoms with Crippen LogP contribution in [0, 0.1) is 5.92 Å². The molecule has 2 aromatic carbocycles. The minimum absolute atomic E-state index is 0.127. The molecule has 1 saturated heterocycles. The number of hydrogen-bond acceptors (Lipinski definition) is 3. The van der Waals surface area contributed by atoms with Gasteiger partial charge in [-0.05, 0) is 19.3 Å². The minimum atomic E-state index is -0.217. The third-order valence-electron chi connectivity index (χ3n) is 4.98. The summed E-state index contributed by atoms with van der Waals surface area (Å²) in [6.07, 6.45) is 3.00. The third-order valence-corrected chi connectivity index (χ3v) is 4.98. The number of nitrogens with zero attached hydrogens (tertiary/aromatic N) is 2. The number of nitrogens with one attached hydrogen (secondary N) is 1. The van der Waals surface area contributed by atoms with Crippen molar-refractivity contribution in [1.82, 2.24) is 10.3 Å². The van der Waals surface area contributed by atoms with E-state index in [9.17, 15) is 9.59 Å². The molecule has 0 spiro atoms. The lowest BCUT2D eigenvalue weighted by atomic mass is 9.97. The van der Waals surface area contributed by atoms with Crippen LogP contribution in [0.3, 0.4) is 0 Å². The molecule has 0 bridgehead atoms. The number of piperidine rings is 1. The Balaban J connectivity index is 1.73. The Hall–Kier alpha value is -2.95. The normalized spacial score (nSPS) is 16.3. The molecule has 2 amide bonds. The van der Waals surface area contributed by atoms with E-state index in [4.69, 9.17) is 0 Å². The molecule has 1 fully saturated rings. The molecule has 1 unspecified atom stereocenters. The molecule has 1 aliphatic rings. The van der Waals surface area contributed by atoms with E-state index in [2.05, 4.69) is 10.5 Å². The molecule has 28 heavy (non-hydrogen) atoms. The van der Waals surface area contributed by atoms with Crippen LogP contribution in [-0.4, -0.2) is 35.5 Å². The summed E-state index contributed by atoms with van der Waals surface area (Å²) < 4.78 is 0. The van der Waals surface area contributed by atoms with E-state index in [1.54, 1.807) is 0 Å². The Kier molecular flexibility index (Phi) is 6.95. The van der Waals surface area contributed by atoms with Crippen molar-refractivity contribution >= 4 is 17.5 Å². The van der Waals surface area contributed by atoms with Crippen molar-refractivity contribution in [3.05, 3.63) is 71.8 Å². The smallest absolute Gasteiger partial charge is 0.244 e. The average molecular weight is 377 g/mol. The molecule has 1 atom stereocenters. The zero-order valence-corrected chi connectivity index (χ0v) is 16.3. The Morgan fingerprint density at radius 3 is 2.21 bits per heavy atom. The van der Waals surface area contributed by atoms with Gasteiger partial charge >= 0.3 is 0 Å². The lowest BCUT2D eigenvalue weighted by Crippen LogP contribution is -2.44. The summed E-state index contributed by atoms with van der Waals surface area (Å²) in [5, 5.41) is 4.46. The predicted molar refractivity (Wildman–Crippen MR) is 111 cm³/mol. The van der Waals surface area contributed by atoms with Gasteiger partial charge in [0.25, 0.3) is 0 Å². The van der Waals surface area contributed by atoms with Gasteiger partial charge in [-0.1, -0.05) is 67.6 Å². The summed E-state index contributed by atoms with van der Waals surface area (Å²) in [5.74, 6) is -0.206. The lowest BCUT2D eigenvalue weighted by molar-refractivity contribution is -0.135. The first-order chi connectivity index (χ1) is 13.7. The summed E-state index contributed by atoms with van der Waals surface area (Å²) in [4.78, 5) is 26.7. The van der Waals surface area contributed by atoms with Gasteiger partial charge < -0.3 is 4.90 Å². The molecule has 0 aliphatic carbocycles. The van der Waals surface area contributed by atoms with Crippen LogP contribution in [0.2, 0.25) is 0 Å². The van der Waals surface area contributed by atoms with Crippen LogP contribution in [0.15, 0.2) is 65.8 Å². The topological polar surface area (TPSA) is 61.8 Å². The monoisotopic (exact) mass is 377 g/mol. The maximum absolute atomic E-state index is 12.7. The van der Waals surface area contributed by atoms with Gasteiger partial charge in [0.1, 0.15) is 0 Å². The number of amides is 2. The molecule has 0 saturated carbocycles. The molecular formula is C23H27N3O2. The molecule has 1 aliphatic heterocycles. The van der Waals surface area contributed by atoms with Crippen molar-refractivity contribution in [2.24, 2.45) is 11.0 Å². The fraction of sp³-hybridized carbons (Fsp3) is 0.348. The molecule has 1 N–H and O–H groups in total. The first kappa shape index (κ1) is 19.8. The van der Waals surface area contributed by atoms with Gasteiger partial charge in [0.15, 0.2) is 0 Å². The first-order valence-electron chi connectivity index (χ1n) is 9.95. The van der Waals surface area contributed by atoms with Crippen molar-refractivity contribution in [3.63, 3.8) is 0 Å². The molecular weight excluding hydrogens is 350 g/mol. The van der Waals surface area contributed by atoms with Crippen molar-refractivity contribution < 1.29 is 9.59 Å². The highest BCUT2D eigenvalue weighted by molar-refractivity contribution is 6.13. The minimum Gasteiger partial charge on any atom is -0.342 e. The van der Waals surface area contributed by atoms with Crippen LogP contribution in [0.1, 0.15) is 43.7 Å². The third kappa shape index (κ3) is 5.06. The molecule has 146 valence electrons. The number of carbonyl (C=O) groups is 2. The van der Waals surface area contributed by atoms with Gasteiger partial charge in [-0.15, -0.1) is 0 Å². The molecule has 5 nitrogen and oxygen atoms in total. The van der Waals surface area contributed by atoms with Crippen LogP contribution in [-0.2, 0) is 9.59 Å². The summed E-state index contributed by atoms with van der Waals surface area (Å²) in [6.45, 7) is 3.22. The van der Waals surface area contributed by atoms with E-state index in [1.807, 2.05) is 72.5 Å². The zero-order chi connectivity index (χ0) is 19.8. The van der Waals surface area contributed by atoms with Crippen LogP contribution < -0.4 is 5.43 Å². The fourth-order valence-corrected chi connectivity index (χ4v) is 3.48. The van der Waals surface area contributed by atoms with Crippen LogP contribution in [0.5, 0.6) is 0 Å². The van der Waals surface area contributed by atoms with Crippen molar-refractivity contribution in [2.45, 2.75) is 32.6 Å². The largest absolute Gasteiger partial charge is 0.342 e. The van der Waals surface area contributed by atoms with Gasteiger partial charge in [-0.25, -0.2) is 5.43 Å². The van der Waals surface area contributed by atoms with E-state index >= 15 is 0 Å². The quantitative estimate of drug-likeness (QED) is 0.618. The first-order valence-corrected chi connectivity index (χ1v) is 9.95. The van der Waals surface area contributed by atoms with Crippen LogP contribution >= 0.6 is 0 Å². The summed E-state index contributed by atoms with van der Waals surface area (Å²) >= 11 is 0. The molecule has 5 heteroatoms. The highest BCUT2D eigenvalue weighted by atomic mass is 16.2. The second-order valence-electron chi connectivity index (χ2n) is 7.10. The molecule has 1 heterocycles. The summed E-state index contributed by atoms with van der Waals surface area (Å²) in [7, 11) is 0. The zero-order valence-electron chi connectivity index (χ0n) is 16.3. The van der Waals surface area contributed by atoms with Crippen molar-refractivity contribution in [3.8, 4) is 0 Å². The maximum Gasteiger partial charge on any atom is 0.244 e. The van der Waals surface area contributed by atoms with Gasteiger partial charge in [0, 0.05) is 30.6 Å². The Morgan fingerprint density at radius 1 is 1.04 bits per heavy atom. The van der Waals surface area contributed by atoms with Crippen molar-refractivity contribution in [2.75, 3.05) is 13.1 Å². The number of hydrogen-bond donors (Lipinski definition) is 1. The fourth-order valence-electron chi connectivity index (χ4n) is 3.48. The highest BCUT2D eigenvalue weighted by Crippen LogP contribution is 2.18. The van der Waals surface area contributed by atoms with Crippen LogP contribution in [0.4, 0.5) is 0 Å². The average Bonchev–Trinajstić information content (AvgIpc) is 2.75. The Morgan fingerprint density at radius 2 is 1.64 bits per heavy atom. The summed E-state index contributed by atoms with van der Waals surface area (Å²) in [6, 6.07) is 19.6. The predicted octanol–water partition coefficient (Wildman–Crippen LogP) is 3.59. The number of hydrazone groups is 1. The van der Waals surface area contributed by atoms with Gasteiger partial charge in [0.2, 0.25) is 11.8 Å². The maximum atomic E-state index is 12.7. The van der Waals surface area contributed by atoms with Crippen LogP contribution in [0.25, 0.3) is 0 Å². The van der Waals surface area contributed by atoms with E-state index in [0.29, 0.717) is 13.0 Å². The second kappa shape index (κ2) is 9.83. The SMILES string of the molecule is CCCC(=O)N1CCCC(C(=O)NN=C(c2ccccc2)c2ccccc2)C1. The van der Waals surface area contributed by atoms with Gasteiger partial charge in [-0.2, -0.15) is 5.10 Å². The molecule has 0 radical (unpaired) electrons. The number of carbonyl (C=O) groups excluding carboxylic acids is 2. The Bertz CT molecular complexity index is 777. The lowest BCUT2D eigenvalue weighted by Gasteiger charge is -2.31. The van der Waals surface area contributed by atoms with E-state index in [1.165, 1.54) is 0 Å². The highest BCUT2D eigenvalue weighted by Gasteiger charge is 2.28. The Labute approximate surface area is 166 Å². The molecule has 2 aromatic rings. The number of benzene rings is 2. The van der Waals surface area contributed by atoms with Crippen molar-refractivity contribution in [1.29, 1.82) is 0 Å². The van der Waals surface area contributed by atoms with E-state index in [-0.39, 0.29) is 17.7 Å². The van der Waals surface area contributed by atoms with Gasteiger partial charge in [-0.3, -0.25) is 9.59 Å².